The van der Waals surface area contributed by atoms with Crippen molar-refractivity contribution in [3.63, 3.8) is 0 Å². The summed E-state index contributed by atoms with van der Waals surface area (Å²) < 4.78 is 0. The monoisotopic (exact) mass is 367 g/mol. The predicted molar refractivity (Wildman–Crippen MR) is 103 cm³/mol. The zero-order chi connectivity index (χ0) is 18.6. The first-order valence-corrected chi connectivity index (χ1v) is 9.59. The van der Waals surface area contributed by atoms with Gasteiger partial charge in [-0.2, -0.15) is 0 Å². The largest absolute Gasteiger partial charge is 0.341 e. The van der Waals surface area contributed by atoms with Crippen LogP contribution in [0.2, 0.25) is 0 Å². The van der Waals surface area contributed by atoms with Gasteiger partial charge >= 0.3 is 0 Å². The molecule has 0 saturated carbocycles. The fraction of sp³-hybridized carbons (Fsp3) is 0.526. The van der Waals surface area contributed by atoms with Gasteiger partial charge in [0.05, 0.1) is 5.56 Å². The van der Waals surface area contributed by atoms with E-state index in [9.17, 15) is 4.79 Å². The number of hydrogen-bond acceptors (Lipinski definition) is 7. The third-order valence-electron chi connectivity index (χ3n) is 5.35. The molecule has 2 saturated heterocycles. The number of amides is 1. The van der Waals surface area contributed by atoms with Crippen LogP contribution in [0.25, 0.3) is 0 Å². The lowest BCUT2D eigenvalue weighted by Crippen LogP contribution is -2.49. The number of hydrogen-bond donors (Lipinski definition) is 0. The molecular formula is C19H25N7O. The topological polar surface area (TPSA) is 78.4 Å². The van der Waals surface area contributed by atoms with Crippen LogP contribution in [0.4, 0.5) is 11.9 Å². The summed E-state index contributed by atoms with van der Waals surface area (Å²) in [7, 11) is 0. The van der Waals surface area contributed by atoms with Gasteiger partial charge in [0, 0.05) is 64.1 Å². The first-order valence-electron chi connectivity index (χ1n) is 9.59. The lowest BCUT2D eigenvalue weighted by molar-refractivity contribution is 0.0745. The van der Waals surface area contributed by atoms with E-state index >= 15 is 0 Å². The molecule has 2 aromatic rings. The summed E-state index contributed by atoms with van der Waals surface area (Å²) >= 11 is 0. The highest BCUT2D eigenvalue weighted by Gasteiger charge is 2.24. The van der Waals surface area contributed by atoms with Crippen LogP contribution in [0.15, 0.2) is 30.9 Å². The molecule has 0 aromatic carbocycles. The molecule has 0 aliphatic carbocycles. The molecule has 0 bridgehead atoms. The number of aromatic nitrogens is 4. The van der Waals surface area contributed by atoms with Gasteiger partial charge in [-0.25, -0.2) is 19.9 Å². The van der Waals surface area contributed by atoms with Gasteiger partial charge in [0.1, 0.15) is 0 Å². The van der Waals surface area contributed by atoms with Crippen LogP contribution < -0.4 is 9.80 Å². The van der Waals surface area contributed by atoms with E-state index < -0.39 is 0 Å². The van der Waals surface area contributed by atoms with Gasteiger partial charge in [0.2, 0.25) is 11.9 Å². The van der Waals surface area contributed by atoms with Gasteiger partial charge in [-0.1, -0.05) is 6.92 Å². The smallest absolute Gasteiger partial charge is 0.257 e. The minimum absolute atomic E-state index is 0.0116. The first kappa shape index (κ1) is 17.6. The summed E-state index contributed by atoms with van der Waals surface area (Å²) in [6.07, 6.45) is 9.13. The Kier molecular flexibility index (Phi) is 5.13. The molecule has 2 aromatic heterocycles. The van der Waals surface area contributed by atoms with Crippen molar-refractivity contribution in [2.24, 2.45) is 5.92 Å². The molecule has 2 fully saturated rings. The average molecular weight is 367 g/mol. The minimum Gasteiger partial charge on any atom is -0.341 e. The van der Waals surface area contributed by atoms with Crippen LogP contribution in [0, 0.1) is 5.92 Å². The molecule has 8 heteroatoms. The molecule has 4 heterocycles. The average Bonchev–Trinajstić information content (AvgIpc) is 2.75. The molecule has 2 aliphatic rings. The van der Waals surface area contributed by atoms with Crippen molar-refractivity contribution >= 4 is 17.8 Å². The summed E-state index contributed by atoms with van der Waals surface area (Å²) in [6.45, 7) is 6.98. The van der Waals surface area contributed by atoms with Crippen LogP contribution in [0.5, 0.6) is 0 Å². The van der Waals surface area contributed by atoms with Gasteiger partial charge in [-0.3, -0.25) is 4.79 Å². The maximum atomic E-state index is 12.8. The minimum atomic E-state index is -0.0116. The molecule has 0 unspecified atom stereocenters. The molecule has 0 spiro atoms. The van der Waals surface area contributed by atoms with E-state index in [-0.39, 0.29) is 5.91 Å². The summed E-state index contributed by atoms with van der Waals surface area (Å²) in [5.41, 5.74) is 0.550. The van der Waals surface area contributed by atoms with E-state index in [2.05, 4.69) is 36.7 Å². The molecule has 27 heavy (non-hydrogen) atoms. The fourth-order valence-corrected chi connectivity index (χ4v) is 3.55. The van der Waals surface area contributed by atoms with E-state index in [1.807, 2.05) is 4.90 Å². The Balaban J connectivity index is 1.35. The molecule has 4 rings (SSSR count). The third-order valence-corrected chi connectivity index (χ3v) is 5.35. The van der Waals surface area contributed by atoms with Gasteiger partial charge in [-0.05, 0) is 24.8 Å². The number of carbonyl (C=O) groups excluding carboxylic acids is 1. The zero-order valence-corrected chi connectivity index (χ0v) is 15.7. The van der Waals surface area contributed by atoms with Crippen LogP contribution in [0.3, 0.4) is 0 Å². The maximum Gasteiger partial charge on any atom is 0.257 e. The number of piperazine rings is 1. The number of rotatable bonds is 3. The molecule has 2 aliphatic heterocycles. The Morgan fingerprint density at radius 1 is 0.852 bits per heavy atom. The second-order valence-corrected chi connectivity index (χ2v) is 7.27. The summed E-state index contributed by atoms with van der Waals surface area (Å²) in [5, 5.41) is 0. The zero-order valence-electron chi connectivity index (χ0n) is 15.7. The highest BCUT2D eigenvalue weighted by molar-refractivity contribution is 5.93. The van der Waals surface area contributed by atoms with E-state index in [1.165, 1.54) is 12.8 Å². The number of nitrogens with zero attached hydrogens (tertiary/aromatic N) is 7. The molecular weight excluding hydrogens is 342 g/mol. The molecule has 0 radical (unpaired) electrons. The van der Waals surface area contributed by atoms with Crippen molar-refractivity contribution in [1.29, 1.82) is 0 Å². The Labute approximate surface area is 159 Å². The molecule has 1 amide bonds. The van der Waals surface area contributed by atoms with E-state index in [1.54, 1.807) is 30.9 Å². The van der Waals surface area contributed by atoms with Crippen LogP contribution >= 0.6 is 0 Å². The van der Waals surface area contributed by atoms with Gasteiger partial charge in [0.25, 0.3) is 5.91 Å². The SMILES string of the molecule is CC1CCN(c2ncc(C(=O)N3CCN(c4ncccn4)CC3)cn2)CC1. The van der Waals surface area contributed by atoms with Crippen LogP contribution in [-0.2, 0) is 0 Å². The Bertz CT molecular complexity index is 751. The van der Waals surface area contributed by atoms with Crippen molar-refractivity contribution in [3.05, 3.63) is 36.4 Å². The summed E-state index contributed by atoms with van der Waals surface area (Å²) in [6, 6.07) is 1.80. The summed E-state index contributed by atoms with van der Waals surface area (Å²) in [5.74, 6) is 2.20. The van der Waals surface area contributed by atoms with E-state index in [4.69, 9.17) is 0 Å². The number of carbonyl (C=O) groups is 1. The standard InChI is InChI=1S/C19H25N7O/c1-15-3-7-25(8-4-15)19-22-13-16(14-23-19)17(27)24-9-11-26(12-10-24)18-20-5-2-6-21-18/h2,5-6,13-15H,3-4,7-12H2,1H3. The molecule has 8 nitrogen and oxygen atoms in total. The second-order valence-electron chi connectivity index (χ2n) is 7.27. The number of anilines is 2. The highest BCUT2D eigenvalue weighted by Crippen LogP contribution is 2.20. The van der Waals surface area contributed by atoms with Gasteiger partial charge < -0.3 is 14.7 Å². The molecule has 0 N–H and O–H groups in total. The van der Waals surface area contributed by atoms with E-state index in [0.717, 1.165) is 38.0 Å². The predicted octanol–water partition coefficient (Wildman–Crippen LogP) is 1.47. The Morgan fingerprint density at radius 2 is 1.41 bits per heavy atom. The highest BCUT2D eigenvalue weighted by atomic mass is 16.2. The summed E-state index contributed by atoms with van der Waals surface area (Å²) in [4.78, 5) is 36.3. The van der Waals surface area contributed by atoms with Crippen LogP contribution in [0.1, 0.15) is 30.1 Å². The fourth-order valence-electron chi connectivity index (χ4n) is 3.55. The lowest BCUT2D eigenvalue weighted by Gasteiger charge is -2.34. The normalized spacial score (nSPS) is 18.6. The van der Waals surface area contributed by atoms with Crippen molar-refractivity contribution < 1.29 is 4.79 Å². The van der Waals surface area contributed by atoms with Crippen molar-refractivity contribution in [2.45, 2.75) is 19.8 Å². The quantitative estimate of drug-likeness (QED) is 0.813. The van der Waals surface area contributed by atoms with Crippen molar-refractivity contribution in [3.8, 4) is 0 Å². The molecule has 142 valence electrons. The van der Waals surface area contributed by atoms with E-state index in [0.29, 0.717) is 24.6 Å². The Hall–Kier alpha value is -2.77. The Morgan fingerprint density at radius 3 is 2.04 bits per heavy atom. The maximum absolute atomic E-state index is 12.8. The second kappa shape index (κ2) is 7.85. The van der Waals surface area contributed by atoms with Gasteiger partial charge in [0.15, 0.2) is 0 Å². The lowest BCUT2D eigenvalue weighted by atomic mass is 10.00. The van der Waals surface area contributed by atoms with Crippen LogP contribution in [-0.4, -0.2) is 70.0 Å². The van der Waals surface area contributed by atoms with Crippen molar-refractivity contribution in [2.75, 3.05) is 49.1 Å². The van der Waals surface area contributed by atoms with Crippen molar-refractivity contribution in [1.82, 2.24) is 24.8 Å². The first-order chi connectivity index (χ1) is 13.2. The molecule has 0 atom stereocenters. The third kappa shape index (κ3) is 3.99. The van der Waals surface area contributed by atoms with Gasteiger partial charge in [-0.15, -0.1) is 0 Å². The number of piperidine rings is 1.